The molecule has 1 saturated carbocycles. The molecule has 1 aromatic carbocycles. The number of nitrogens with zero attached hydrogens (tertiary/aromatic N) is 1. The minimum Gasteiger partial charge on any atom is -0.299 e. The van der Waals surface area contributed by atoms with Gasteiger partial charge in [-0.25, -0.2) is 0 Å². The van der Waals surface area contributed by atoms with Gasteiger partial charge in [0, 0.05) is 17.5 Å². The van der Waals surface area contributed by atoms with E-state index in [4.69, 9.17) is 0 Å². The molecule has 1 heterocycles. The highest BCUT2D eigenvalue weighted by Gasteiger charge is 2.73. The summed E-state index contributed by atoms with van der Waals surface area (Å²) in [6, 6.07) is 8.38. The number of aryl methyl sites for hydroxylation is 1. The third-order valence-electron chi connectivity index (χ3n) is 10.0. The summed E-state index contributed by atoms with van der Waals surface area (Å²) in [6.07, 6.45) is 2.73. The van der Waals surface area contributed by atoms with Gasteiger partial charge in [-0.3, -0.25) is 4.90 Å². The Labute approximate surface area is 161 Å². The van der Waals surface area contributed by atoms with Crippen LogP contribution < -0.4 is 0 Å². The third kappa shape index (κ3) is 1.73. The number of fused-ring (bicyclic) bond motifs is 1. The molecule has 1 nitrogen and oxygen atoms in total. The van der Waals surface area contributed by atoms with Gasteiger partial charge in [0.15, 0.2) is 0 Å². The van der Waals surface area contributed by atoms with Gasteiger partial charge in [0.25, 0.3) is 0 Å². The number of likely N-dealkylation sites (tertiary alicyclic amines) is 1. The van der Waals surface area contributed by atoms with Crippen molar-refractivity contribution >= 4 is 0 Å². The average molecular weight is 354 g/mol. The van der Waals surface area contributed by atoms with Gasteiger partial charge in [-0.15, -0.1) is 0 Å². The van der Waals surface area contributed by atoms with E-state index < -0.39 is 0 Å². The highest BCUT2D eigenvalue weighted by atomic mass is 15.2. The van der Waals surface area contributed by atoms with Crippen molar-refractivity contribution < 1.29 is 0 Å². The lowest BCUT2D eigenvalue weighted by Crippen LogP contribution is -2.77. The maximum atomic E-state index is 2.75. The van der Waals surface area contributed by atoms with Crippen molar-refractivity contribution in [2.24, 2.45) is 22.7 Å². The predicted octanol–water partition coefficient (Wildman–Crippen LogP) is 6.15. The molecule has 0 radical (unpaired) electrons. The van der Waals surface area contributed by atoms with Crippen LogP contribution in [0.1, 0.15) is 83.9 Å². The van der Waals surface area contributed by atoms with Crippen LogP contribution in [0.25, 0.3) is 0 Å². The van der Waals surface area contributed by atoms with E-state index >= 15 is 0 Å². The van der Waals surface area contributed by atoms with E-state index in [0.29, 0.717) is 34.7 Å². The monoisotopic (exact) mass is 353 g/mol. The number of benzene rings is 1. The van der Waals surface area contributed by atoms with Crippen LogP contribution in [0.5, 0.6) is 0 Å². The summed E-state index contributed by atoms with van der Waals surface area (Å²) < 4.78 is 0. The first-order valence-corrected chi connectivity index (χ1v) is 10.9. The molecule has 0 amide bonds. The van der Waals surface area contributed by atoms with E-state index in [1.54, 1.807) is 11.1 Å². The summed E-state index contributed by atoms with van der Waals surface area (Å²) in [6.45, 7) is 20.3. The molecule has 1 aliphatic heterocycles. The first kappa shape index (κ1) is 18.5. The van der Waals surface area contributed by atoms with E-state index in [1.807, 2.05) is 0 Å². The second-order valence-electron chi connectivity index (χ2n) is 10.9. The zero-order chi connectivity index (χ0) is 19.2. The van der Waals surface area contributed by atoms with E-state index in [9.17, 15) is 0 Å². The minimum atomic E-state index is 0.251. The normalized spacial score (nSPS) is 47.2. The highest BCUT2D eigenvalue weighted by molar-refractivity contribution is 5.52. The molecule has 2 bridgehead atoms. The molecule has 0 N–H and O–H groups in total. The van der Waals surface area contributed by atoms with E-state index in [2.05, 4.69) is 85.5 Å². The Kier molecular flexibility index (Phi) is 3.83. The van der Waals surface area contributed by atoms with Crippen molar-refractivity contribution in [1.29, 1.82) is 0 Å². The summed E-state index contributed by atoms with van der Waals surface area (Å²) in [5.74, 6) is 2.01. The fourth-order valence-corrected chi connectivity index (χ4v) is 8.62. The first-order chi connectivity index (χ1) is 12.0. The molecular weight excluding hydrogens is 314 g/mol. The summed E-state index contributed by atoms with van der Waals surface area (Å²) >= 11 is 0. The minimum absolute atomic E-state index is 0.251. The lowest BCUT2D eigenvalue weighted by Gasteiger charge is -2.76. The van der Waals surface area contributed by atoms with Crippen molar-refractivity contribution in [2.75, 3.05) is 7.05 Å². The molecule has 144 valence electrons. The Bertz CT molecular complexity index is 734. The summed E-state index contributed by atoms with van der Waals surface area (Å²) in [5, 5.41) is 0. The van der Waals surface area contributed by atoms with Crippen molar-refractivity contribution in [1.82, 2.24) is 4.90 Å². The maximum Gasteiger partial charge on any atom is 0.0224 e. The van der Waals surface area contributed by atoms with Crippen molar-refractivity contribution in [3.63, 3.8) is 0 Å². The molecule has 0 spiro atoms. The molecule has 26 heavy (non-hydrogen) atoms. The molecular formula is C25H39N. The van der Waals surface area contributed by atoms with Gasteiger partial charge in [-0.05, 0) is 79.0 Å². The van der Waals surface area contributed by atoms with Crippen molar-refractivity contribution in [2.45, 2.75) is 91.6 Å². The molecule has 3 aliphatic rings. The number of hydrogen-bond donors (Lipinski definition) is 0. The van der Waals surface area contributed by atoms with Crippen molar-refractivity contribution in [3.05, 3.63) is 34.9 Å². The second-order valence-corrected chi connectivity index (χ2v) is 10.9. The Morgan fingerprint density at radius 3 is 2.35 bits per heavy atom. The zero-order valence-corrected chi connectivity index (χ0v) is 18.5. The molecule has 1 saturated heterocycles. The Morgan fingerprint density at radius 2 is 1.69 bits per heavy atom. The van der Waals surface area contributed by atoms with Gasteiger partial charge in [-0.1, -0.05) is 59.7 Å². The summed E-state index contributed by atoms with van der Waals surface area (Å²) in [7, 11) is 2.41. The van der Waals surface area contributed by atoms with Gasteiger partial charge < -0.3 is 0 Å². The Hall–Kier alpha value is -0.820. The van der Waals surface area contributed by atoms with E-state index in [1.165, 1.54) is 18.4 Å². The quantitative estimate of drug-likeness (QED) is 0.540. The van der Waals surface area contributed by atoms with E-state index in [-0.39, 0.29) is 5.41 Å². The van der Waals surface area contributed by atoms with E-state index in [0.717, 1.165) is 5.92 Å². The SMILES string of the molecule is Cc1cccc2c1[C@]13C(C)C(C)N(C)[C@@H](C2C)C1(C)CCC(C)C3(C)C. The molecule has 1 heteroatoms. The zero-order valence-electron chi connectivity index (χ0n) is 18.5. The number of hydrogen-bond acceptors (Lipinski definition) is 1. The Morgan fingerprint density at radius 1 is 1.04 bits per heavy atom. The number of piperidine rings is 1. The van der Waals surface area contributed by atoms with Crippen molar-refractivity contribution in [3.8, 4) is 0 Å². The molecule has 1 aromatic rings. The van der Waals surface area contributed by atoms with Gasteiger partial charge in [0.1, 0.15) is 0 Å². The van der Waals surface area contributed by atoms with Crippen LogP contribution in [0.3, 0.4) is 0 Å². The largest absolute Gasteiger partial charge is 0.299 e. The average Bonchev–Trinajstić information content (AvgIpc) is 2.57. The van der Waals surface area contributed by atoms with Gasteiger partial charge >= 0.3 is 0 Å². The standard InChI is InChI=1S/C25H39N/c1-15-11-10-12-20-17(3)22-24(8)14-13-16(2)23(6,7)25(24,21(15)20)18(4)19(5)26(22)9/h10-12,16-19,22H,13-14H2,1-9H3/t16?,17?,18?,19?,22-,24?,25-/m0/s1. The topological polar surface area (TPSA) is 3.24 Å². The molecule has 2 fully saturated rings. The molecule has 2 aliphatic carbocycles. The fraction of sp³-hybridized carbons (Fsp3) is 0.760. The van der Waals surface area contributed by atoms with Crippen LogP contribution in [0, 0.1) is 29.6 Å². The first-order valence-electron chi connectivity index (χ1n) is 10.9. The van der Waals surface area contributed by atoms with Gasteiger partial charge in [0.2, 0.25) is 0 Å². The second kappa shape index (κ2) is 5.37. The molecule has 7 atom stereocenters. The number of likely N-dealkylation sites (N-methyl/N-ethyl adjacent to an activating group) is 1. The lowest BCUT2D eigenvalue weighted by molar-refractivity contribution is -0.204. The molecule has 5 unspecified atom stereocenters. The number of rotatable bonds is 0. The lowest BCUT2D eigenvalue weighted by atomic mass is 9.31. The molecule has 4 rings (SSSR count). The highest BCUT2D eigenvalue weighted by Crippen LogP contribution is 2.74. The van der Waals surface area contributed by atoms with Gasteiger partial charge in [-0.2, -0.15) is 0 Å². The van der Waals surface area contributed by atoms with Gasteiger partial charge in [0.05, 0.1) is 0 Å². The Balaban J connectivity index is 2.18. The maximum absolute atomic E-state index is 2.75. The van der Waals surface area contributed by atoms with Crippen LogP contribution in [0.2, 0.25) is 0 Å². The summed E-state index contributed by atoms with van der Waals surface area (Å²) in [5.41, 5.74) is 5.79. The van der Waals surface area contributed by atoms with Crippen LogP contribution in [-0.4, -0.2) is 24.0 Å². The van der Waals surface area contributed by atoms with Crippen LogP contribution in [0.15, 0.2) is 18.2 Å². The van der Waals surface area contributed by atoms with Crippen LogP contribution >= 0.6 is 0 Å². The fourth-order valence-electron chi connectivity index (χ4n) is 8.62. The molecule has 0 aromatic heterocycles. The third-order valence-corrected chi connectivity index (χ3v) is 10.0. The summed E-state index contributed by atoms with van der Waals surface area (Å²) in [4.78, 5) is 2.75. The van der Waals surface area contributed by atoms with Crippen LogP contribution in [-0.2, 0) is 5.41 Å². The smallest absolute Gasteiger partial charge is 0.0224 e. The van der Waals surface area contributed by atoms with Crippen LogP contribution in [0.4, 0.5) is 0 Å². The predicted molar refractivity (Wildman–Crippen MR) is 112 cm³/mol.